The first kappa shape index (κ1) is 7.60. The Hall–Kier alpha value is -1.04. The van der Waals surface area contributed by atoms with Crippen molar-refractivity contribution >= 4 is 0 Å². The number of hydrogen-bond donors (Lipinski definition) is 0. The van der Waals surface area contributed by atoms with Gasteiger partial charge in [0.15, 0.2) is 0 Å². The zero-order valence-corrected chi connectivity index (χ0v) is 7.34. The Bertz CT molecular complexity index is 297. The van der Waals surface area contributed by atoms with Gasteiger partial charge in [-0.2, -0.15) is 0 Å². The minimum atomic E-state index is 1.11. The van der Waals surface area contributed by atoms with E-state index in [2.05, 4.69) is 24.8 Å². The van der Waals surface area contributed by atoms with Crippen LogP contribution in [0.1, 0.15) is 23.1 Å². The highest BCUT2D eigenvalue weighted by molar-refractivity contribution is 5.42. The van der Waals surface area contributed by atoms with Crippen molar-refractivity contribution in [1.82, 2.24) is 0 Å². The van der Waals surface area contributed by atoms with Crippen molar-refractivity contribution in [2.45, 2.75) is 25.7 Å². The Kier molecular flexibility index (Phi) is 1.99. The molecule has 0 spiro atoms. The highest BCUT2D eigenvalue weighted by Gasteiger charge is 2.15. The summed E-state index contributed by atoms with van der Waals surface area (Å²) in [7, 11) is 0. The predicted octanol–water partition coefficient (Wildman–Crippen LogP) is 2.90. The van der Waals surface area contributed by atoms with Gasteiger partial charge in [0, 0.05) is 0 Å². The number of benzene rings is 1. The second-order valence-electron chi connectivity index (χ2n) is 3.38. The van der Waals surface area contributed by atoms with Crippen LogP contribution in [0.3, 0.4) is 0 Å². The number of aryl methyl sites for hydroxylation is 2. The Morgan fingerprint density at radius 2 is 2.25 bits per heavy atom. The third-order valence-electron chi connectivity index (χ3n) is 2.63. The van der Waals surface area contributed by atoms with E-state index in [1.165, 1.54) is 19.3 Å². The Balaban J connectivity index is 2.20. The van der Waals surface area contributed by atoms with E-state index in [-0.39, 0.29) is 0 Å². The van der Waals surface area contributed by atoms with Crippen molar-refractivity contribution < 1.29 is 0 Å². The van der Waals surface area contributed by atoms with Gasteiger partial charge in [-0.15, -0.1) is 6.58 Å². The molecule has 0 N–H and O–H groups in total. The maximum absolute atomic E-state index is 3.75. The minimum Gasteiger partial charge on any atom is -0.103 e. The van der Waals surface area contributed by atoms with Gasteiger partial charge in [0.25, 0.3) is 0 Å². The van der Waals surface area contributed by atoms with Crippen molar-refractivity contribution in [3.63, 3.8) is 0 Å². The fourth-order valence-electron chi connectivity index (χ4n) is 1.82. The van der Waals surface area contributed by atoms with Crippen LogP contribution in [0.4, 0.5) is 0 Å². The quantitative estimate of drug-likeness (QED) is 0.593. The highest BCUT2D eigenvalue weighted by Crippen LogP contribution is 2.26. The van der Waals surface area contributed by atoms with E-state index in [0.717, 1.165) is 6.42 Å². The lowest BCUT2D eigenvalue weighted by molar-refractivity contribution is 0.805. The van der Waals surface area contributed by atoms with E-state index >= 15 is 0 Å². The van der Waals surface area contributed by atoms with Crippen LogP contribution in [-0.4, -0.2) is 0 Å². The van der Waals surface area contributed by atoms with Crippen LogP contribution in [0.5, 0.6) is 0 Å². The third-order valence-corrected chi connectivity index (χ3v) is 2.63. The third kappa shape index (κ3) is 1.18. The molecule has 0 amide bonds. The molecule has 1 aromatic rings. The smallest absolute Gasteiger partial charge is 0.0233 e. The number of hydrogen-bond acceptors (Lipinski definition) is 0. The van der Waals surface area contributed by atoms with Gasteiger partial charge in [-0.1, -0.05) is 24.3 Å². The first-order valence-electron chi connectivity index (χ1n) is 4.62. The van der Waals surface area contributed by atoms with Gasteiger partial charge in [-0.05, 0) is 42.4 Å². The van der Waals surface area contributed by atoms with Crippen molar-refractivity contribution in [3.05, 3.63) is 47.5 Å². The largest absolute Gasteiger partial charge is 0.103 e. The standard InChI is InChI=1S/C12H14/c1-2-3-5-10-6-4-7-11-8-9-12(10)11/h2,4,6-7H,1,3,5,8-9H2. The zero-order chi connectivity index (χ0) is 8.39. The van der Waals surface area contributed by atoms with E-state index in [1.54, 1.807) is 16.7 Å². The van der Waals surface area contributed by atoms with Crippen molar-refractivity contribution in [2.75, 3.05) is 0 Å². The second-order valence-corrected chi connectivity index (χ2v) is 3.38. The van der Waals surface area contributed by atoms with Gasteiger partial charge >= 0.3 is 0 Å². The first-order valence-corrected chi connectivity index (χ1v) is 4.62. The molecule has 12 heavy (non-hydrogen) atoms. The van der Waals surface area contributed by atoms with E-state index in [9.17, 15) is 0 Å². The van der Waals surface area contributed by atoms with Crippen LogP contribution >= 0.6 is 0 Å². The molecule has 0 unspecified atom stereocenters. The number of allylic oxidation sites excluding steroid dienone is 1. The van der Waals surface area contributed by atoms with Gasteiger partial charge in [0.2, 0.25) is 0 Å². The number of rotatable bonds is 3. The molecule has 0 aromatic heterocycles. The Morgan fingerprint density at radius 3 is 2.92 bits per heavy atom. The molecule has 0 heterocycles. The average molecular weight is 158 g/mol. The number of fused-ring (bicyclic) bond motifs is 1. The topological polar surface area (TPSA) is 0 Å². The predicted molar refractivity (Wildman–Crippen MR) is 52.4 cm³/mol. The van der Waals surface area contributed by atoms with Crippen LogP contribution in [-0.2, 0) is 19.3 Å². The molecule has 0 heteroatoms. The summed E-state index contributed by atoms with van der Waals surface area (Å²) in [5.41, 5.74) is 4.72. The molecule has 1 aliphatic carbocycles. The molecule has 0 aliphatic heterocycles. The lowest BCUT2D eigenvalue weighted by Gasteiger charge is -2.22. The van der Waals surface area contributed by atoms with E-state index in [4.69, 9.17) is 0 Å². The summed E-state index contributed by atoms with van der Waals surface area (Å²) < 4.78 is 0. The van der Waals surface area contributed by atoms with Crippen LogP contribution in [0.25, 0.3) is 0 Å². The van der Waals surface area contributed by atoms with Crippen molar-refractivity contribution in [3.8, 4) is 0 Å². The molecule has 0 radical (unpaired) electrons. The summed E-state index contributed by atoms with van der Waals surface area (Å²) >= 11 is 0. The maximum atomic E-state index is 3.75. The molecule has 0 atom stereocenters. The zero-order valence-electron chi connectivity index (χ0n) is 7.34. The molecule has 1 aromatic carbocycles. The van der Waals surface area contributed by atoms with Crippen molar-refractivity contribution in [1.29, 1.82) is 0 Å². The highest BCUT2D eigenvalue weighted by atomic mass is 14.2. The summed E-state index contributed by atoms with van der Waals surface area (Å²) in [5.74, 6) is 0. The summed E-state index contributed by atoms with van der Waals surface area (Å²) in [6, 6.07) is 6.67. The second kappa shape index (κ2) is 3.14. The minimum absolute atomic E-state index is 1.11. The van der Waals surface area contributed by atoms with Gasteiger partial charge in [0.05, 0.1) is 0 Å². The molecule has 0 bridgehead atoms. The normalized spacial score (nSPS) is 13.3. The van der Waals surface area contributed by atoms with Gasteiger partial charge in [-0.3, -0.25) is 0 Å². The van der Waals surface area contributed by atoms with E-state index < -0.39 is 0 Å². The first-order chi connectivity index (χ1) is 5.92. The SMILES string of the molecule is C=CCCc1cccc2c1CC2. The summed E-state index contributed by atoms with van der Waals surface area (Å²) in [4.78, 5) is 0. The molecule has 0 saturated heterocycles. The van der Waals surface area contributed by atoms with Crippen LogP contribution < -0.4 is 0 Å². The molecule has 0 fully saturated rings. The summed E-state index contributed by atoms with van der Waals surface area (Å²) in [5, 5.41) is 0. The molecule has 0 nitrogen and oxygen atoms in total. The summed E-state index contributed by atoms with van der Waals surface area (Å²) in [6.45, 7) is 3.75. The lowest BCUT2D eigenvalue weighted by Crippen LogP contribution is -2.11. The molecular formula is C12H14. The van der Waals surface area contributed by atoms with Crippen LogP contribution in [0, 0.1) is 0 Å². The van der Waals surface area contributed by atoms with Gasteiger partial charge < -0.3 is 0 Å². The monoisotopic (exact) mass is 158 g/mol. The van der Waals surface area contributed by atoms with E-state index in [1.807, 2.05) is 6.08 Å². The molecule has 2 rings (SSSR count). The molecule has 62 valence electrons. The van der Waals surface area contributed by atoms with Gasteiger partial charge in [-0.25, -0.2) is 0 Å². The van der Waals surface area contributed by atoms with Crippen molar-refractivity contribution in [2.24, 2.45) is 0 Å². The Morgan fingerprint density at radius 1 is 1.33 bits per heavy atom. The van der Waals surface area contributed by atoms with Crippen LogP contribution in [0.2, 0.25) is 0 Å². The average Bonchev–Trinajstić information content (AvgIpc) is 2.04. The fourth-order valence-corrected chi connectivity index (χ4v) is 1.82. The Labute approximate surface area is 73.9 Å². The maximum Gasteiger partial charge on any atom is -0.0233 e. The van der Waals surface area contributed by atoms with Gasteiger partial charge in [0.1, 0.15) is 0 Å². The lowest BCUT2D eigenvalue weighted by atomic mass is 9.83. The molecule has 0 saturated carbocycles. The van der Waals surface area contributed by atoms with E-state index in [0.29, 0.717) is 0 Å². The summed E-state index contributed by atoms with van der Waals surface area (Å²) in [6.07, 6.45) is 6.86. The van der Waals surface area contributed by atoms with Crippen LogP contribution in [0.15, 0.2) is 30.9 Å². The molecule has 1 aliphatic rings. The molecular weight excluding hydrogens is 144 g/mol. The fraction of sp³-hybridized carbons (Fsp3) is 0.333.